The van der Waals surface area contributed by atoms with Crippen molar-refractivity contribution in [1.82, 2.24) is 4.90 Å². The normalized spacial score (nSPS) is 20.1. The maximum absolute atomic E-state index is 13.8. The van der Waals surface area contributed by atoms with E-state index in [-0.39, 0.29) is 28.3 Å². The molecule has 1 aliphatic rings. The van der Waals surface area contributed by atoms with E-state index < -0.39 is 8.32 Å². The van der Waals surface area contributed by atoms with E-state index in [1.54, 1.807) is 18.9 Å². The molecule has 0 aromatic heterocycles. The first kappa shape index (κ1) is 27.7. The Morgan fingerprint density at radius 3 is 2.11 bits per heavy atom. The molecule has 1 saturated heterocycles. The van der Waals surface area contributed by atoms with Gasteiger partial charge in [-0.25, -0.2) is 0 Å². The van der Waals surface area contributed by atoms with E-state index >= 15 is 0 Å². The van der Waals surface area contributed by atoms with E-state index in [1.807, 2.05) is 67.3 Å². The lowest BCUT2D eigenvalue weighted by Crippen LogP contribution is -2.64. The number of likely N-dealkylation sites (tertiary alicyclic amines) is 1. The number of β-lactam (4-membered cyclic amide) rings is 1. The average molecular weight is 528 g/mol. The van der Waals surface area contributed by atoms with Crippen LogP contribution in [0, 0.1) is 5.92 Å². The zero-order valence-electron chi connectivity index (χ0n) is 22.0. The molecule has 35 heavy (non-hydrogen) atoms. The summed E-state index contributed by atoms with van der Waals surface area (Å²) in [5.41, 5.74) is 2.58. The Balaban J connectivity index is 2.04. The Kier molecular flexibility index (Phi) is 8.68. The predicted molar refractivity (Wildman–Crippen MR) is 153 cm³/mol. The molecule has 2 aromatic carbocycles. The van der Waals surface area contributed by atoms with Crippen molar-refractivity contribution in [3.8, 4) is 0 Å². The molecule has 2 aromatic rings. The molecule has 188 valence electrons. The van der Waals surface area contributed by atoms with Gasteiger partial charge in [0.05, 0.1) is 19.1 Å². The average Bonchev–Trinajstić information content (AvgIpc) is 2.81. The van der Waals surface area contributed by atoms with Crippen LogP contribution in [0.25, 0.3) is 5.57 Å². The van der Waals surface area contributed by atoms with Gasteiger partial charge in [-0.1, -0.05) is 81.1 Å². The van der Waals surface area contributed by atoms with Gasteiger partial charge in [-0.2, -0.15) is 0 Å². The number of thiocarbonyl (C=S) groups is 1. The van der Waals surface area contributed by atoms with Crippen molar-refractivity contribution in [3.05, 3.63) is 71.9 Å². The SMILES string of the molecule is COC(=S)/C(=C(/C)c1ccccc1)N1C(=O)[C@H]([C@@H](C)O[Si](C)(C)C(C)(C)C)[C@H]1Sc1ccccc1. The Bertz CT molecular complexity index is 1080. The van der Waals surface area contributed by atoms with Crippen LogP contribution in [-0.4, -0.2) is 42.8 Å². The summed E-state index contributed by atoms with van der Waals surface area (Å²) in [5.74, 6) is -0.262. The second kappa shape index (κ2) is 11.0. The molecule has 1 heterocycles. The van der Waals surface area contributed by atoms with Crippen molar-refractivity contribution in [1.29, 1.82) is 0 Å². The molecular weight excluding hydrogens is 491 g/mol. The first-order chi connectivity index (χ1) is 16.4. The summed E-state index contributed by atoms with van der Waals surface area (Å²) in [6.07, 6.45) is -0.213. The molecule has 3 rings (SSSR count). The number of rotatable bonds is 8. The van der Waals surface area contributed by atoms with Gasteiger partial charge in [0.1, 0.15) is 11.1 Å². The maximum Gasteiger partial charge on any atom is 0.236 e. The molecule has 0 unspecified atom stereocenters. The third kappa shape index (κ3) is 5.90. The minimum atomic E-state index is -2.06. The largest absolute Gasteiger partial charge is 0.485 e. The van der Waals surface area contributed by atoms with Gasteiger partial charge in [-0.05, 0) is 67.5 Å². The van der Waals surface area contributed by atoms with Gasteiger partial charge < -0.3 is 9.16 Å². The van der Waals surface area contributed by atoms with Crippen molar-refractivity contribution in [2.75, 3.05) is 7.11 Å². The number of allylic oxidation sites excluding steroid dienone is 1. The van der Waals surface area contributed by atoms with Crippen molar-refractivity contribution < 1.29 is 14.0 Å². The van der Waals surface area contributed by atoms with Gasteiger partial charge in [-0.3, -0.25) is 9.69 Å². The molecule has 0 radical (unpaired) electrons. The summed E-state index contributed by atoms with van der Waals surface area (Å²) >= 11 is 7.31. The number of methoxy groups -OCH3 is 1. The zero-order valence-corrected chi connectivity index (χ0v) is 24.6. The molecule has 1 amide bonds. The summed E-state index contributed by atoms with van der Waals surface area (Å²) in [7, 11) is -0.499. The highest BCUT2D eigenvalue weighted by Gasteiger charge is 2.55. The second-order valence-electron chi connectivity index (χ2n) is 10.5. The maximum atomic E-state index is 13.8. The molecule has 0 spiro atoms. The summed E-state index contributed by atoms with van der Waals surface area (Å²) in [4.78, 5) is 16.8. The van der Waals surface area contributed by atoms with Crippen LogP contribution in [0.2, 0.25) is 18.1 Å². The number of amides is 1. The first-order valence-corrected chi connectivity index (χ1v) is 16.2. The van der Waals surface area contributed by atoms with Gasteiger partial charge in [-0.15, -0.1) is 0 Å². The summed E-state index contributed by atoms with van der Waals surface area (Å²) in [6, 6.07) is 20.2. The van der Waals surface area contributed by atoms with E-state index in [2.05, 4.69) is 46.0 Å². The lowest BCUT2D eigenvalue weighted by molar-refractivity contribution is -0.151. The van der Waals surface area contributed by atoms with Crippen LogP contribution in [0.5, 0.6) is 0 Å². The van der Waals surface area contributed by atoms with E-state index in [1.165, 1.54) is 0 Å². The highest BCUT2D eigenvalue weighted by molar-refractivity contribution is 8.00. The third-order valence-corrected chi connectivity index (χ3v) is 13.3. The number of benzene rings is 2. The second-order valence-corrected chi connectivity index (χ2v) is 16.8. The topological polar surface area (TPSA) is 38.8 Å². The minimum Gasteiger partial charge on any atom is -0.485 e. The van der Waals surface area contributed by atoms with Crippen LogP contribution in [0.4, 0.5) is 0 Å². The van der Waals surface area contributed by atoms with Crippen LogP contribution >= 0.6 is 24.0 Å². The molecule has 4 nitrogen and oxygen atoms in total. The number of carbonyl (C=O) groups excluding carboxylic acids is 1. The van der Waals surface area contributed by atoms with E-state index in [9.17, 15) is 4.79 Å². The number of thioether (sulfide) groups is 1. The van der Waals surface area contributed by atoms with E-state index in [0.717, 1.165) is 16.0 Å². The van der Waals surface area contributed by atoms with Crippen molar-refractivity contribution >= 4 is 48.8 Å². The fraction of sp³-hybridized carbons (Fsp3) is 0.429. The summed E-state index contributed by atoms with van der Waals surface area (Å²) in [6.45, 7) is 15.2. The Hall–Kier alpha value is -1.93. The van der Waals surface area contributed by atoms with Gasteiger partial charge in [0.2, 0.25) is 11.0 Å². The summed E-state index contributed by atoms with van der Waals surface area (Å²) < 4.78 is 12.2. The number of hydrogen-bond donors (Lipinski definition) is 0. The lowest BCUT2D eigenvalue weighted by atomic mass is 9.90. The van der Waals surface area contributed by atoms with Crippen molar-refractivity contribution in [2.45, 2.75) is 69.1 Å². The Morgan fingerprint density at radius 1 is 1.06 bits per heavy atom. The monoisotopic (exact) mass is 527 g/mol. The third-order valence-electron chi connectivity index (χ3n) is 7.06. The summed E-state index contributed by atoms with van der Waals surface area (Å²) in [5, 5.41) is 0.212. The molecule has 1 aliphatic heterocycles. The highest BCUT2D eigenvalue weighted by atomic mass is 32.2. The zero-order chi connectivity index (χ0) is 26.0. The minimum absolute atomic E-state index is 0.0225. The number of hydrogen-bond acceptors (Lipinski definition) is 5. The quantitative estimate of drug-likeness (QED) is 0.155. The molecule has 0 bridgehead atoms. The molecular formula is C28H37NO3S2Si. The van der Waals surface area contributed by atoms with Crippen molar-refractivity contribution in [2.24, 2.45) is 5.92 Å². The predicted octanol–water partition coefficient (Wildman–Crippen LogP) is 7.38. The van der Waals surface area contributed by atoms with Gasteiger partial charge >= 0.3 is 0 Å². The standard InChI is InChI=1S/C28H37NO3S2Si/c1-19(21-15-11-9-12-16-21)24(27(33)31-6)29-25(30)23(20(2)32-35(7,8)28(3,4)5)26(29)34-22-17-13-10-14-18-22/h9-18,20,23,26H,1-8H3/b24-19+/t20-,23+,26-/m1/s1. The van der Waals surface area contributed by atoms with Crippen LogP contribution in [0.3, 0.4) is 0 Å². The van der Waals surface area contributed by atoms with Gasteiger partial charge in [0, 0.05) is 4.90 Å². The molecule has 0 saturated carbocycles. The van der Waals surface area contributed by atoms with Crippen LogP contribution < -0.4 is 0 Å². The number of carbonyl (C=O) groups is 1. The molecule has 3 atom stereocenters. The molecule has 0 aliphatic carbocycles. The molecule has 0 N–H and O–H groups in total. The van der Waals surface area contributed by atoms with Crippen LogP contribution in [-0.2, 0) is 14.0 Å². The highest BCUT2D eigenvalue weighted by Crippen LogP contribution is 2.47. The number of nitrogens with zero attached hydrogens (tertiary/aromatic N) is 1. The van der Waals surface area contributed by atoms with Crippen LogP contribution in [0.15, 0.2) is 71.3 Å². The van der Waals surface area contributed by atoms with E-state index in [0.29, 0.717) is 10.7 Å². The number of ether oxygens (including phenoxy) is 1. The van der Waals surface area contributed by atoms with E-state index in [4.69, 9.17) is 21.4 Å². The molecule has 1 fully saturated rings. The van der Waals surface area contributed by atoms with Crippen molar-refractivity contribution in [3.63, 3.8) is 0 Å². The smallest absolute Gasteiger partial charge is 0.236 e. The Labute approximate surface area is 221 Å². The Morgan fingerprint density at radius 2 is 1.60 bits per heavy atom. The lowest BCUT2D eigenvalue weighted by Gasteiger charge is -2.51. The van der Waals surface area contributed by atoms with Crippen LogP contribution in [0.1, 0.15) is 40.2 Å². The first-order valence-electron chi connectivity index (χ1n) is 12.0. The van der Waals surface area contributed by atoms with Gasteiger partial charge in [0.25, 0.3) is 0 Å². The fourth-order valence-electron chi connectivity index (χ4n) is 3.99. The fourth-order valence-corrected chi connectivity index (χ4v) is 7.06. The molecule has 7 heteroatoms. The van der Waals surface area contributed by atoms with Gasteiger partial charge in [0.15, 0.2) is 8.32 Å².